The van der Waals surface area contributed by atoms with Crippen LogP contribution in [0.15, 0.2) is 12.1 Å². The van der Waals surface area contributed by atoms with Crippen LogP contribution in [0.2, 0.25) is 0 Å². The summed E-state index contributed by atoms with van der Waals surface area (Å²) in [5.41, 5.74) is 2.53. The lowest BCUT2D eigenvalue weighted by Gasteiger charge is -2.73. The Morgan fingerprint density at radius 3 is 2.73 bits per heavy atom. The van der Waals surface area contributed by atoms with Gasteiger partial charge in [-0.3, -0.25) is 4.79 Å². The minimum atomic E-state index is -0.256. The quantitative estimate of drug-likeness (QED) is 0.767. The van der Waals surface area contributed by atoms with E-state index in [1.54, 1.807) is 7.11 Å². The van der Waals surface area contributed by atoms with E-state index in [0.717, 1.165) is 63.0 Å². The molecule has 2 aliphatic heterocycles. The van der Waals surface area contributed by atoms with Crippen molar-refractivity contribution in [1.29, 1.82) is 0 Å². The molecule has 0 radical (unpaired) electrons. The number of benzene rings is 1. The van der Waals surface area contributed by atoms with Gasteiger partial charge in [0, 0.05) is 42.0 Å². The van der Waals surface area contributed by atoms with E-state index in [2.05, 4.69) is 24.0 Å². The molecule has 0 N–H and O–H groups in total. The summed E-state index contributed by atoms with van der Waals surface area (Å²) in [4.78, 5) is 15.7. The number of carbonyl (C=O) groups excluding carboxylic acids is 1. The van der Waals surface area contributed by atoms with Crippen LogP contribution < -0.4 is 9.47 Å². The average molecular weight is 410 g/mol. The van der Waals surface area contributed by atoms with E-state index in [1.807, 2.05) is 7.11 Å². The molecule has 1 unspecified atom stereocenters. The van der Waals surface area contributed by atoms with Gasteiger partial charge in [-0.05, 0) is 62.5 Å². The SMILES string of the molecule is COc1ccc2c3c1O[C@H]1[C@@]4(OC)CCC5(C[C@H]4C)[C@@H](C2)N(C(=O)C2CC2)CC[C@]315. The first-order chi connectivity index (χ1) is 14.5. The third-order valence-electron chi connectivity index (χ3n) is 10.1. The molecule has 2 spiro atoms. The van der Waals surface area contributed by atoms with Gasteiger partial charge in [0.15, 0.2) is 11.5 Å². The maximum absolute atomic E-state index is 13.4. The van der Waals surface area contributed by atoms with Gasteiger partial charge in [0.2, 0.25) is 5.91 Å². The topological polar surface area (TPSA) is 48.0 Å². The smallest absolute Gasteiger partial charge is 0.225 e. The van der Waals surface area contributed by atoms with Crippen LogP contribution in [0.1, 0.15) is 56.6 Å². The summed E-state index contributed by atoms with van der Waals surface area (Å²) in [5, 5.41) is 0. The number of hydrogen-bond acceptors (Lipinski definition) is 4. The second kappa shape index (κ2) is 5.35. The van der Waals surface area contributed by atoms with Crippen LogP contribution in [-0.4, -0.2) is 49.3 Å². The Bertz CT molecular complexity index is 972. The van der Waals surface area contributed by atoms with Crippen molar-refractivity contribution >= 4 is 5.91 Å². The second-order valence-electron chi connectivity index (χ2n) is 10.8. The predicted octanol–water partition coefficient (Wildman–Crippen LogP) is 3.47. The van der Waals surface area contributed by atoms with Gasteiger partial charge in [-0.25, -0.2) is 0 Å². The second-order valence-corrected chi connectivity index (χ2v) is 10.8. The number of carbonyl (C=O) groups is 1. The fourth-order valence-electron chi connectivity index (χ4n) is 8.81. The molecule has 5 nitrogen and oxygen atoms in total. The highest BCUT2D eigenvalue weighted by atomic mass is 16.6. The Labute approximate surface area is 178 Å². The number of nitrogens with zero attached hydrogens (tertiary/aromatic N) is 1. The first-order valence-electron chi connectivity index (χ1n) is 11.7. The molecule has 1 aromatic carbocycles. The molecule has 8 rings (SSSR count). The lowest BCUT2D eigenvalue weighted by atomic mass is 9.35. The molecule has 7 aliphatic rings. The summed E-state index contributed by atoms with van der Waals surface area (Å²) >= 11 is 0. The Balaban J connectivity index is 1.50. The van der Waals surface area contributed by atoms with E-state index in [4.69, 9.17) is 14.2 Å². The fraction of sp³-hybridized carbons (Fsp3) is 0.720. The van der Waals surface area contributed by atoms with Crippen LogP contribution in [0.4, 0.5) is 0 Å². The molecule has 160 valence electrons. The molecule has 1 amide bonds. The average Bonchev–Trinajstić information content (AvgIpc) is 3.53. The molecule has 1 saturated heterocycles. The molecule has 0 aromatic heterocycles. The van der Waals surface area contributed by atoms with Crippen molar-refractivity contribution in [2.45, 2.75) is 75.0 Å². The highest BCUT2D eigenvalue weighted by Gasteiger charge is 2.80. The Morgan fingerprint density at radius 2 is 2.03 bits per heavy atom. The number of fused-ring (bicyclic) bond motifs is 2. The van der Waals surface area contributed by atoms with Crippen molar-refractivity contribution in [2.75, 3.05) is 20.8 Å². The Kier molecular flexibility index (Phi) is 3.19. The van der Waals surface area contributed by atoms with E-state index >= 15 is 0 Å². The molecule has 5 fully saturated rings. The maximum atomic E-state index is 13.4. The summed E-state index contributed by atoms with van der Waals surface area (Å²) < 4.78 is 19.0. The van der Waals surface area contributed by atoms with Crippen molar-refractivity contribution < 1.29 is 19.0 Å². The standard InChI is InChI=1S/C25H31NO4/c1-14-13-23-8-9-25(14,29-3)22-24(23)10-11-26(21(27)15-4-5-15)18(23)12-16-6-7-17(28-2)20(30-22)19(16)24/h6-7,14-15,18,22H,4-5,8-13H2,1-3H3/t14-,18-,22-,23?,24+,25-/m1/s1. The highest BCUT2D eigenvalue weighted by Crippen LogP contribution is 2.76. The van der Waals surface area contributed by atoms with Crippen LogP contribution in [0.5, 0.6) is 11.5 Å². The summed E-state index contributed by atoms with van der Waals surface area (Å²) in [6.07, 6.45) is 7.37. The van der Waals surface area contributed by atoms with Gasteiger partial charge >= 0.3 is 0 Å². The summed E-state index contributed by atoms with van der Waals surface area (Å²) in [7, 11) is 3.62. The Morgan fingerprint density at radius 1 is 1.20 bits per heavy atom. The zero-order chi connectivity index (χ0) is 20.5. The monoisotopic (exact) mass is 409 g/mol. The lowest BCUT2D eigenvalue weighted by molar-refractivity contribution is -0.272. The molecule has 5 aliphatic carbocycles. The highest BCUT2D eigenvalue weighted by molar-refractivity contribution is 5.82. The van der Waals surface area contributed by atoms with E-state index in [9.17, 15) is 4.79 Å². The number of likely N-dealkylation sites (tertiary alicyclic amines) is 1. The number of hydrogen-bond donors (Lipinski definition) is 0. The van der Waals surface area contributed by atoms with Gasteiger partial charge in [-0.1, -0.05) is 13.0 Å². The van der Waals surface area contributed by atoms with Crippen LogP contribution >= 0.6 is 0 Å². The van der Waals surface area contributed by atoms with E-state index in [0.29, 0.717) is 11.8 Å². The normalized spacial score (nSPS) is 44.5. The molecule has 2 heterocycles. The Hall–Kier alpha value is -1.75. The van der Waals surface area contributed by atoms with Crippen molar-refractivity contribution in [3.05, 3.63) is 23.3 Å². The molecule has 4 bridgehead atoms. The fourth-order valence-corrected chi connectivity index (χ4v) is 8.81. The van der Waals surface area contributed by atoms with E-state index in [1.165, 1.54) is 11.1 Å². The number of ether oxygens (including phenoxy) is 3. The number of methoxy groups -OCH3 is 2. The van der Waals surface area contributed by atoms with Gasteiger partial charge in [-0.2, -0.15) is 0 Å². The molecular weight excluding hydrogens is 378 g/mol. The van der Waals surface area contributed by atoms with Gasteiger partial charge in [-0.15, -0.1) is 0 Å². The molecule has 30 heavy (non-hydrogen) atoms. The van der Waals surface area contributed by atoms with Crippen LogP contribution in [0, 0.1) is 17.3 Å². The van der Waals surface area contributed by atoms with Crippen LogP contribution in [0.25, 0.3) is 0 Å². The lowest BCUT2D eigenvalue weighted by Crippen LogP contribution is -2.81. The van der Waals surface area contributed by atoms with Gasteiger partial charge < -0.3 is 19.1 Å². The molecule has 4 saturated carbocycles. The van der Waals surface area contributed by atoms with Crippen LogP contribution in [-0.2, 0) is 21.4 Å². The third kappa shape index (κ3) is 1.67. The number of amides is 1. The minimum absolute atomic E-state index is 0.0125. The summed E-state index contributed by atoms with van der Waals surface area (Å²) in [6, 6.07) is 4.59. The summed E-state index contributed by atoms with van der Waals surface area (Å²) in [5.74, 6) is 2.91. The molecule has 6 atom stereocenters. The number of piperidine rings is 1. The van der Waals surface area contributed by atoms with E-state index in [-0.39, 0.29) is 34.5 Å². The summed E-state index contributed by atoms with van der Waals surface area (Å²) in [6.45, 7) is 3.20. The zero-order valence-electron chi connectivity index (χ0n) is 18.2. The van der Waals surface area contributed by atoms with Crippen molar-refractivity contribution in [2.24, 2.45) is 17.3 Å². The first kappa shape index (κ1) is 17.9. The minimum Gasteiger partial charge on any atom is -0.493 e. The molecule has 5 heteroatoms. The van der Waals surface area contributed by atoms with Crippen molar-refractivity contribution in [3.63, 3.8) is 0 Å². The predicted molar refractivity (Wildman–Crippen MR) is 111 cm³/mol. The first-order valence-corrected chi connectivity index (χ1v) is 11.7. The van der Waals surface area contributed by atoms with Crippen LogP contribution in [0.3, 0.4) is 0 Å². The molecular formula is C25H31NO4. The molecule has 1 aromatic rings. The maximum Gasteiger partial charge on any atom is 0.225 e. The van der Waals surface area contributed by atoms with Crippen molar-refractivity contribution in [1.82, 2.24) is 4.90 Å². The van der Waals surface area contributed by atoms with E-state index < -0.39 is 0 Å². The van der Waals surface area contributed by atoms with Gasteiger partial charge in [0.05, 0.1) is 7.11 Å². The largest absolute Gasteiger partial charge is 0.493 e. The van der Waals surface area contributed by atoms with Gasteiger partial charge in [0.1, 0.15) is 11.7 Å². The van der Waals surface area contributed by atoms with Crippen molar-refractivity contribution in [3.8, 4) is 11.5 Å². The number of rotatable bonds is 3. The van der Waals surface area contributed by atoms with Gasteiger partial charge in [0.25, 0.3) is 0 Å². The zero-order valence-corrected chi connectivity index (χ0v) is 18.2. The third-order valence-corrected chi connectivity index (χ3v) is 10.1.